The van der Waals surface area contributed by atoms with Crippen molar-refractivity contribution in [1.82, 2.24) is 20.0 Å². The first-order chi connectivity index (χ1) is 12.7. The monoisotopic (exact) mass is 355 g/mol. The summed E-state index contributed by atoms with van der Waals surface area (Å²) in [6.07, 6.45) is 4.65. The molecule has 1 atom stereocenters. The Morgan fingerprint density at radius 3 is 2.85 bits per heavy atom. The van der Waals surface area contributed by atoms with Crippen LogP contribution in [0.3, 0.4) is 0 Å². The first-order valence-electron chi connectivity index (χ1n) is 9.49. The Morgan fingerprint density at radius 2 is 2.15 bits per heavy atom. The van der Waals surface area contributed by atoms with Gasteiger partial charge in [0.05, 0.1) is 17.5 Å². The molecule has 26 heavy (non-hydrogen) atoms. The number of aryl methyl sites for hydroxylation is 2. The Hall–Kier alpha value is -2.34. The minimum atomic E-state index is -0.231. The first kappa shape index (κ1) is 18.5. The third kappa shape index (κ3) is 4.64. The number of guanidine groups is 1. The van der Waals surface area contributed by atoms with Crippen molar-refractivity contribution < 1.29 is 5.11 Å². The highest BCUT2D eigenvalue weighted by Gasteiger charge is 2.22. The topological polar surface area (TPSA) is 65.7 Å². The van der Waals surface area contributed by atoms with E-state index in [1.165, 1.54) is 5.56 Å². The molecule has 0 saturated carbocycles. The summed E-state index contributed by atoms with van der Waals surface area (Å²) in [6.45, 7) is 7.29. The summed E-state index contributed by atoms with van der Waals surface area (Å²) in [5.74, 6) is 0.917. The molecule has 0 bridgehead atoms. The molecule has 1 aromatic carbocycles. The molecule has 1 saturated heterocycles. The van der Waals surface area contributed by atoms with Gasteiger partial charge in [0.1, 0.15) is 0 Å². The van der Waals surface area contributed by atoms with Crippen molar-refractivity contribution >= 4 is 5.96 Å². The van der Waals surface area contributed by atoms with E-state index in [4.69, 9.17) is 4.99 Å². The number of aliphatic hydroxyl groups is 1. The number of aliphatic imine (C=N–C) groups is 1. The van der Waals surface area contributed by atoms with Crippen molar-refractivity contribution in [2.24, 2.45) is 4.99 Å². The third-order valence-corrected chi connectivity index (χ3v) is 4.68. The zero-order valence-corrected chi connectivity index (χ0v) is 15.7. The van der Waals surface area contributed by atoms with E-state index in [0.29, 0.717) is 6.54 Å². The molecule has 140 valence electrons. The van der Waals surface area contributed by atoms with E-state index in [0.717, 1.165) is 56.2 Å². The highest BCUT2D eigenvalue weighted by molar-refractivity contribution is 5.80. The molecule has 6 nitrogen and oxygen atoms in total. The van der Waals surface area contributed by atoms with Gasteiger partial charge in [-0.1, -0.05) is 18.2 Å². The summed E-state index contributed by atoms with van der Waals surface area (Å²) in [7, 11) is 0. The fraction of sp³-hybridized carbons (Fsp3) is 0.500. The molecule has 0 unspecified atom stereocenters. The summed E-state index contributed by atoms with van der Waals surface area (Å²) in [5, 5.41) is 17.7. The summed E-state index contributed by atoms with van der Waals surface area (Å²) < 4.78 is 1.95. The van der Waals surface area contributed by atoms with Crippen molar-refractivity contribution in [2.45, 2.75) is 39.2 Å². The number of para-hydroxylation sites is 1. The van der Waals surface area contributed by atoms with Gasteiger partial charge in [0.25, 0.3) is 0 Å². The van der Waals surface area contributed by atoms with E-state index >= 15 is 0 Å². The standard InChI is InChI=1S/C20H29N5O/c1-3-21-20(24-13-11-19(26)15-24)22-12-7-8-17-14-25(23-16(17)2)18-9-5-4-6-10-18/h4-6,9-10,14,19,26H,3,7-8,11-13,15H2,1-2H3,(H,21,22)/t19-/m1/s1. The van der Waals surface area contributed by atoms with Gasteiger partial charge in [-0.25, -0.2) is 4.68 Å². The van der Waals surface area contributed by atoms with Crippen molar-refractivity contribution in [3.8, 4) is 5.69 Å². The number of aliphatic hydroxyl groups excluding tert-OH is 1. The lowest BCUT2D eigenvalue weighted by molar-refractivity contribution is 0.188. The summed E-state index contributed by atoms with van der Waals surface area (Å²) in [6, 6.07) is 10.2. The number of likely N-dealkylation sites (tertiary alicyclic amines) is 1. The van der Waals surface area contributed by atoms with Gasteiger partial charge in [-0.3, -0.25) is 4.99 Å². The molecule has 0 amide bonds. The quantitative estimate of drug-likeness (QED) is 0.473. The van der Waals surface area contributed by atoms with E-state index in [1.807, 2.05) is 22.9 Å². The first-order valence-corrected chi connectivity index (χ1v) is 9.49. The maximum atomic E-state index is 9.73. The molecule has 1 fully saturated rings. The molecule has 0 radical (unpaired) electrons. The van der Waals surface area contributed by atoms with Crippen LogP contribution in [0.1, 0.15) is 31.0 Å². The van der Waals surface area contributed by atoms with Crippen LogP contribution in [0.4, 0.5) is 0 Å². The molecule has 1 aromatic heterocycles. The second-order valence-electron chi connectivity index (χ2n) is 6.75. The number of benzene rings is 1. The Balaban J connectivity index is 1.56. The molecule has 0 spiro atoms. The molecule has 1 aliphatic heterocycles. The maximum Gasteiger partial charge on any atom is 0.194 e. The predicted octanol–water partition coefficient (Wildman–Crippen LogP) is 2.15. The highest BCUT2D eigenvalue weighted by atomic mass is 16.3. The molecule has 6 heteroatoms. The Morgan fingerprint density at radius 1 is 1.35 bits per heavy atom. The van der Waals surface area contributed by atoms with E-state index in [1.54, 1.807) is 0 Å². The van der Waals surface area contributed by atoms with Gasteiger partial charge in [0, 0.05) is 32.4 Å². The third-order valence-electron chi connectivity index (χ3n) is 4.68. The smallest absolute Gasteiger partial charge is 0.194 e. The van der Waals surface area contributed by atoms with Crippen LogP contribution in [0.15, 0.2) is 41.5 Å². The normalized spacial score (nSPS) is 17.7. The van der Waals surface area contributed by atoms with E-state index < -0.39 is 0 Å². The Labute approximate surface area is 155 Å². The second-order valence-corrected chi connectivity index (χ2v) is 6.75. The number of nitrogens with one attached hydrogen (secondary N) is 1. The molecule has 1 aliphatic rings. The van der Waals surface area contributed by atoms with Gasteiger partial charge in [-0.2, -0.15) is 5.10 Å². The molecule has 2 aromatic rings. The number of aromatic nitrogens is 2. The van der Waals surface area contributed by atoms with Gasteiger partial charge in [-0.15, -0.1) is 0 Å². The van der Waals surface area contributed by atoms with Gasteiger partial charge in [0.15, 0.2) is 5.96 Å². The highest BCUT2D eigenvalue weighted by Crippen LogP contribution is 2.14. The summed E-state index contributed by atoms with van der Waals surface area (Å²) in [5.41, 5.74) is 3.43. The van der Waals surface area contributed by atoms with Crippen LogP contribution >= 0.6 is 0 Å². The number of hydrogen-bond donors (Lipinski definition) is 2. The SMILES string of the molecule is CCNC(=NCCCc1cn(-c2ccccc2)nc1C)N1CC[C@@H](O)C1. The Bertz CT molecular complexity index is 725. The van der Waals surface area contributed by atoms with Gasteiger partial charge < -0.3 is 15.3 Å². The number of rotatable bonds is 6. The molecule has 0 aliphatic carbocycles. The van der Waals surface area contributed by atoms with Crippen LogP contribution in [0.25, 0.3) is 5.69 Å². The Kier molecular flexibility index (Phi) is 6.28. The largest absolute Gasteiger partial charge is 0.391 e. The zero-order valence-electron chi connectivity index (χ0n) is 15.7. The van der Waals surface area contributed by atoms with Crippen LogP contribution < -0.4 is 5.32 Å². The maximum absolute atomic E-state index is 9.73. The second kappa shape index (κ2) is 8.85. The lowest BCUT2D eigenvalue weighted by Crippen LogP contribution is -2.40. The van der Waals surface area contributed by atoms with Crippen LogP contribution in [-0.2, 0) is 6.42 Å². The zero-order chi connectivity index (χ0) is 18.4. The van der Waals surface area contributed by atoms with E-state index in [-0.39, 0.29) is 6.10 Å². The van der Waals surface area contributed by atoms with E-state index in [2.05, 4.69) is 47.5 Å². The average molecular weight is 355 g/mol. The lowest BCUT2D eigenvalue weighted by atomic mass is 10.1. The van der Waals surface area contributed by atoms with Crippen LogP contribution in [-0.4, -0.2) is 58.0 Å². The number of β-amino-alcohol motifs (C(OH)–C–C–N with tert-alkyl or cyclic N) is 1. The van der Waals surface area contributed by atoms with Crippen molar-refractivity contribution in [2.75, 3.05) is 26.2 Å². The van der Waals surface area contributed by atoms with Crippen molar-refractivity contribution in [3.05, 3.63) is 47.8 Å². The van der Waals surface area contributed by atoms with E-state index in [9.17, 15) is 5.11 Å². The predicted molar refractivity (Wildman–Crippen MR) is 105 cm³/mol. The minimum absolute atomic E-state index is 0.231. The van der Waals surface area contributed by atoms with Crippen molar-refractivity contribution in [3.63, 3.8) is 0 Å². The molecular formula is C20H29N5O. The molecule has 2 N–H and O–H groups in total. The lowest BCUT2D eigenvalue weighted by Gasteiger charge is -2.20. The van der Waals surface area contributed by atoms with Crippen LogP contribution in [0, 0.1) is 6.92 Å². The molecule has 2 heterocycles. The molecular weight excluding hydrogens is 326 g/mol. The minimum Gasteiger partial charge on any atom is -0.391 e. The van der Waals surface area contributed by atoms with Gasteiger partial charge >= 0.3 is 0 Å². The van der Waals surface area contributed by atoms with Crippen LogP contribution in [0.2, 0.25) is 0 Å². The van der Waals surface area contributed by atoms with Crippen LogP contribution in [0.5, 0.6) is 0 Å². The van der Waals surface area contributed by atoms with Gasteiger partial charge in [0.2, 0.25) is 0 Å². The fourth-order valence-electron chi connectivity index (χ4n) is 3.27. The van der Waals surface area contributed by atoms with Gasteiger partial charge in [-0.05, 0) is 50.8 Å². The summed E-state index contributed by atoms with van der Waals surface area (Å²) in [4.78, 5) is 6.88. The number of hydrogen-bond acceptors (Lipinski definition) is 3. The average Bonchev–Trinajstić information content (AvgIpc) is 3.24. The number of nitrogens with zero attached hydrogens (tertiary/aromatic N) is 4. The molecule has 3 rings (SSSR count). The fourth-order valence-corrected chi connectivity index (χ4v) is 3.27. The van der Waals surface area contributed by atoms with Crippen molar-refractivity contribution in [1.29, 1.82) is 0 Å². The summed E-state index contributed by atoms with van der Waals surface area (Å²) >= 11 is 0.